The van der Waals surface area contributed by atoms with E-state index in [2.05, 4.69) is 4.98 Å². The van der Waals surface area contributed by atoms with Crippen molar-refractivity contribution >= 4 is 5.65 Å². The molecule has 2 unspecified atom stereocenters. The first-order chi connectivity index (χ1) is 11.5. The van der Waals surface area contributed by atoms with Crippen molar-refractivity contribution < 1.29 is 14.2 Å². The van der Waals surface area contributed by atoms with E-state index in [-0.39, 0.29) is 5.82 Å². The van der Waals surface area contributed by atoms with E-state index < -0.39 is 12.2 Å². The summed E-state index contributed by atoms with van der Waals surface area (Å²) in [6.07, 6.45) is 2.01. The Morgan fingerprint density at radius 1 is 1.29 bits per heavy atom. The largest absolute Gasteiger partial charge is 0.479 e. The van der Waals surface area contributed by atoms with Crippen LogP contribution in [0, 0.1) is 19.7 Å². The van der Waals surface area contributed by atoms with Crippen molar-refractivity contribution in [1.82, 2.24) is 9.38 Å². The number of benzene rings is 1. The molecule has 0 radical (unpaired) electrons. The van der Waals surface area contributed by atoms with Gasteiger partial charge in [0.2, 0.25) is 0 Å². The van der Waals surface area contributed by atoms with Gasteiger partial charge in [-0.25, -0.2) is 9.37 Å². The monoisotopic (exact) mass is 326 g/mol. The minimum absolute atomic E-state index is 0.259. The van der Waals surface area contributed by atoms with Gasteiger partial charge >= 0.3 is 0 Å². The second-order valence-corrected chi connectivity index (χ2v) is 6.34. The van der Waals surface area contributed by atoms with E-state index in [4.69, 9.17) is 4.74 Å². The Bertz CT molecular complexity index is 919. The molecular formula is C19H19FN2O2. The molecule has 4 rings (SSSR count). The summed E-state index contributed by atoms with van der Waals surface area (Å²) >= 11 is 0. The Labute approximate surface area is 139 Å². The van der Waals surface area contributed by atoms with Crippen LogP contribution < -0.4 is 4.74 Å². The van der Waals surface area contributed by atoms with Gasteiger partial charge in [-0.15, -0.1) is 0 Å². The molecule has 0 spiro atoms. The first kappa shape index (κ1) is 15.1. The minimum atomic E-state index is -0.625. The highest BCUT2D eigenvalue weighted by Crippen LogP contribution is 2.35. The maximum Gasteiger partial charge on any atom is 0.180 e. The molecule has 124 valence electrons. The van der Waals surface area contributed by atoms with Crippen LogP contribution in [0.1, 0.15) is 35.0 Å². The van der Waals surface area contributed by atoms with Gasteiger partial charge < -0.3 is 14.2 Å². The number of pyridine rings is 1. The Hall–Kier alpha value is -2.40. The molecule has 1 aliphatic carbocycles. The molecule has 0 saturated carbocycles. The van der Waals surface area contributed by atoms with Crippen LogP contribution in [-0.4, -0.2) is 20.6 Å². The molecule has 0 saturated heterocycles. The lowest BCUT2D eigenvalue weighted by atomic mass is 9.87. The summed E-state index contributed by atoms with van der Waals surface area (Å²) in [5, 5.41) is 10.4. The highest BCUT2D eigenvalue weighted by molar-refractivity contribution is 5.56. The average Bonchev–Trinajstić information content (AvgIpc) is 2.86. The van der Waals surface area contributed by atoms with Gasteiger partial charge in [-0.1, -0.05) is 6.07 Å². The number of halogens is 1. The molecular weight excluding hydrogens is 307 g/mol. The fourth-order valence-corrected chi connectivity index (χ4v) is 3.38. The number of fused-ring (bicyclic) bond motifs is 2. The van der Waals surface area contributed by atoms with Crippen molar-refractivity contribution in [3.63, 3.8) is 0 Å². The van der Waals surface area contributed by atoms with Crippen molar-refractivity contribution in [2.75, 3.05) is 0 Å². The van der Waals surface area contributed by atoms with Crippen molar-refractivity contribution in [2.24, 2.45) is 0 Å². The van der Waals surface area contributed by atoms with Crippen molar-refractivity contribution in [1.29, 1.82) is 0 Å². The third kappa shape index (κ3) is 2.36. The highest BCUT2D eigenvalue weighted by atomic mass is 19.1. The lowest BCUT2D eigenvalue weighted by Crippen LogP contribution is -2.29. The van der Waals surface area contributed by atoms with Crippen LogP contribution in [0.25, 0.3) is 5.65 Å². The van der Waals surface area contributed by atoms with Crippen molar-refractivity contribution in [3.8, 4) is 5.75 Å². The number of aliphatic hydroxyl groups is 1. The van der Waals surface area contributed by atoms with Crippen molar-refractivity contribution in [2.45, 2.75) is 38.9 Å². The normalized spacial score (nSPS) is 20.2. The number of ether oxygens (including phenoxy) is 1. The summed E-state index contributed by atoms with van der Waals surface area (Å²) in [7, 11) is 0. The molecule has 1 aliphatic rings. The molecule has 3 aromatic rings. The SMILES string of the molecule is Cc1nc2c(OC3c4ccc(F)cc4CCC3O)cccn2c1C. The average molecular weight is 326 g/mol. The molecule has 0 bridgehead atoms. The first-order valence-corrected chi connectivity index (χ1v) is 8.12. The molecule has 0 fully saturated rings. The van der Waals surface area contributed by atoms with E-state index in [0.717, 1.165) is 28.2 Å². The third-order valence-corrected chi connectivity index (χ3v) is 4.81. The smallest absolute Gasteiger partial charge is 0.180 e. The second-order valence-electron chi connectivity index (χ2n) is 6.34. The minimum Gasteiger partial charge on any atom is -0.479 e. The highest BCUT2D eigenvalue weighted by Gasteiger charge is 2.31. The molecule has 2 atom stereocenters. The number of rotatable bonds is 2. The predicted octanol–water partition coefficient (Wildman–Crippen LogP) is 3.52. The molecule has 2 heterocycles. The third-order valence-electron chi connectivity index (χ3n) is 4.81. The van der Waals surface area contributed by atoms with Gasteiger partial charge in [-0.3, -0.25) is 0 Å². The summed E-state index contributed by atoms with van der Waals surface area (Å²) in [4.78, 5) is 4.57. The maximum absolute atomic E-state index is 13.5. The molecule has 24 heavy (non-hydrogen) atoms. The zero-order chi connectivity index (χ0) is 16.8. The summed E-state index contributed by atoms with van der Waals surface area (Å²) in [6.45, 7) is 3.96. The fourth-order valence-electron chi connectivity index (χ4n) is 3.38. The number of hydrogen-bond acceptors (Lipinski definition) is 3. The Kier molecular flexibility index (Phi) is 3.53. The number of hydrogen-bond donors (Lipinski definition) is 1. The Morgan fingerprint density at radius 2 is 2.12 bits per heavy atom. The maximum atomic E-state index is 13.5. The lowest BCUT2D eigenvalue weighted by Gasteiger charge is -2.30. The van der Waals surface area contributed by atoms with Crippen LogP contribution in [0.5, 0.6) is 5.75 Å². The van der Waals surface area contributed by atoms with E-state index >= 15 is 0 Å². The second kappa shape index (κ2) is 5.60. The van der Waals surface area contributed by atoms with E-state index in [1.54, 1.807) is 6.07 Å². The van der Waals surface area contributed by atoms with Gasteiger partial charge in [-0.2, -0.15) is 0 Å². The Morgan fingerprint density at radius 3 is 2.96 bits per heavy atom. The van der Waals surface area contributed by atoms with Crippen molar-refractivity contribution in [3.05, 3.63) is 64.9 Å². The standard InChI is InChI=1S/C19H19FN2O2/c1-11-12(2)22-9-3-4-17(19(22)21-11)24-18-15-7-6-14(20)10-13(15)5-8-16(18)23/h3-4,6-7,9-10,16,18,23H,5,8H2,1-2H3. The van der Waals surface area contributed by atoms with Gasteiger partial charge in [0, 0.05) is 11.9 Å². The summed E-state index contributed by atoms with van der Waals surface area (Å²) in [5.41, 5.74) is 4.47. The predicted molar refractivity (Wildman–Crippen MR) is 88.8 cm³/mol. The van der Waals surface area contributed by atoms with Crippen LogP contribution in [0.4, 0.5) is 4.39 Å². The number of aromatic nitrogens is 2. The fraction of sp³-hybridized carbons (Fsp3) is 0.316. The van der Waals surface area contributed by atoms with E-state index in [9.17, 15) is 9.50 Å². The van der Waals surface area contributed by atoms with Crippen LogP contribution >= 0.6 is 0 Å². The van der Waals surface area contributed by atoms with Gasteiger partial charge in [0.15, 0.2) is 11.4 Å². The van der Waals surface area contributed by atoms with Crippen LogP contribution in [0.2, 0.25) is 0 Å². The molecule has 4 nitrogen and oxygen atoms in total. The molecule has 0 aliphatic heterocycles. The number of nitrogens with zero attached hydrogens (tertiary/aromatic N) is 2. The quantitative estimate of drug-likeness (QED) is 0.784. The number of aliphatic hydroxyl groups excluding tert-OH is 1. The summed E-state index contributed by atoms with van der Waals surface area (Å²) in [5.74, 6) is 0.362. The molecule has 0 amide bonds. The molecule has 1 aromatic carbocycles. The lowest BCUT2D eigenvalue weighted by molar-refractivity contribution is 0.0233. The van der Waals surface area contributed by atoms with E-state index in [0.29, 0.717) is 18.6 Å². The van der Waals surface area contributed by atoms with Gasteiger partial charge in [0.25, 0.3) is 0 Å². The molecule has 1 N–H and O–H groups in total. The van der Waals surface area contributed by atoms with Gasteiger partial charge in [-0.05, 0) is 62.1 Å². The van der Waals surface area contributed by atoms with E-state index in [1.807, 2.05) is 36.6 Å². The first-order valence-electron chi connectivity index (χ1n) is 8.12. The van der Waals surface area contributed by atoms with Crippen LogP contribution in [0.3, 0.4) is 0 Å². The van der Waals surface area contributed by atoms with E-state index in [1.165, 1.54) is 12.1 Å². The Balaban J connectivity index is 1.77. The van der Waals surface area contributed by atoms with Gasteiger partial charge in [0.05, 0.1) is 11.8 Å². The zero-order valence-corrected chi connectivity index (χ0v) is 13.7. The summed E-state index contributed by atoms with van der Waals surface area (Å²) in [6, 6.07) is 8.41. The van der Waals surface area contributed by atoms with Crippen LogP contribution in [0.15, 0.2) is 36.5 Å². The number of aryl methyl sites for hydroxylation is 3. The zero-order valence-electron chi connectivity index (χ0n) is 13.7. The molecule has 2 aromatic heterocycles. The summed E-state index contributed by atoms with van der Waals surface area (Å²) < 4.78 is 21.6. The molecule has 5 heteroatoms. The number of imidazole rings is 1. The van der Waals surface area contributed by atoms with Gasteiger partial charge in [0.1, 0.15) is 11.9 Å². The van der Waals surface area contributed by atoms with Crippen LogP contribution in [-0.2, 0) is 6.42 Å². The topological polar surface area (TPSA) is 46.8 Å².